The third kappa shape index (κ3) is 4.11. The van der Waals surface area contributed by atoms with Gasteiger partial charge in [-0.05, 0) is 13.8 Å². The van der Waals surface area contributed by atoms with Crippen LogP contribution in [0.15, 0.2) is 41.5 Å². The van der Waals surface area contributed by atoms with E-state index in [9.17, 15) is 4.79 Å². The minimum Gasteiger partial charge on any atom is -0.352 e. The van der Waals surface area contributed by atoms with Crippen LogP contribution in [0.25, 0.3) is 5.69 Å². The van der Waals surface area contributed by atoms with Gasteiger partial charge in [-0.3, -0.25) is 14.4 Å². The quantitative estimate of drug-likeness (QED) is 0.590. The molecular formula is C25H33N5O. The zero-order chi connectivity index (χ0) is 22.9. The predicted octanol–water partition coefficient (Wildman–Crippen LogP) is 5.15. The number of benzene rings is 1. The monoisotopic (exact) mass is 419 g/mol. The normalized spacial score (nSPS) is 15.2. The molecule has 0 unspecified atom stereocenters. The first-order valence-electron chi connectivity index (χ1n) is 10.9. The summed E-state index contributed by atoms with van der Waals surface area (Å²) in [4.78, 5) is 18.0. The van der Waals surface area contributed by atoms with Gasteiger partial charge >= 0.3 is 0 Å². The van der Waals surface area contributed by atoms with E-state index in [0.29, 0.717) is 6.42 Å². The summed E-state index contributed by atoms with van der Waals surface area (Å²) in [5.41, 5.74) is 4.69. The topological polar surface area (TPSA) is 65.1 Å². The van der Waals surface area contributed by atoms with Gasteiger partial charge in [0.2, 0.25) is 0 Å². The van der Waals surface area contributed by atoms with Crippen molar-refractivity contribution in [1.29, 1.82) is 0 Å². The van der Waals surface area contributed by atoms with Crippen LogP contribution in [0.5, 0.6) is 0 Å². The van der Waals surface area contributed by atoms with E-state index in [-0.39, 0.29) is 11.8 Å². The van der Waals surface area contributed by atoms with Gasteiger partial charge in [-0.25, -0.2) is 0 Å². The van der Waals surface area contributed by atoms with Gasteiger partial charge < -0.3 is 4.57 Å². The van der Waals surface area contributed by atoms with Crippen molar-refractivity contribution in [3.8, 4) is 5.69 Å². The number of fused-ring (bicyclic) bond motifs is 3. The van der Waals surface area contributed by atoms with Gasteiger partial charge in [0.15, 0.2) is 5.82 Å². The fraction of sp³-hybridized carbons (Fsp3) is 0.440. The molecule has 0 N–H and O–H groups in total. The van der Waals surface area contributed by atoms with Crippen LogP contribution in [-0.4, -0.2) is 30.8 Å². The SMILES string of the molecule is CC.Cc1c2c(cn1C)-n1c(C)nnc1[C@H](CC(=O)C(C)(C)C)N=C2c1ccccc1. The minimum absolute atomic E-state index is 0.162. The molecule has 31 heavy (non-hydrogen) atoms. The molecule has 6 heteroatoms. The van der Waals surface area contributed by atoms with Crippen LogP contribution in [0.1, 0.15) is 75.6 Å². The van der Waals surface area contributed by atoms with Crippen LogP contribution in [0.4, 0.5) is 0 Å². The molecule has 0 amide bonds. The molecule has 0 spiro atoms. The molecule has 0 fully saturated rings. The van der Waals surface area contributed by atoms with E-state index in [0.717, 1.165) is 39.9 Å². The van der Waals surface area contributed by atoms with E-state index in [1.807, 2.05) is 66.8 Å². The van der Waals surface area contributed by atoms with Crippen molar-refractivity contribution >= 4 is 11.5 Å². The summed E-state index contributed by atoms with van der Waals surface area (Å²) in [5, 5.41) is 8.76. The number of hydrogen-bond acceptors (Lipinski definition) is 4. The molecule has 3 aromatic rings. The number of aromatic nitrogens is 4. The Bertz CT molecular complexity index is 1110. The number of aryl methyl sites for hydroxylation is 2. The summed E-state index contributed by atoms with van der Waals surface area (Å²) in [7, 11) is 2.03. The molecule has 0 saturated carbocycles. The maximum absolute atomic E-state index is 12.9. The standard InChI is InChI=1S/C23H27N5O.C2H6/c1-14-20-18(13-27(14)6)28-15(2)25-26-22(28)17(12-19(29)23(3,4)5)24-21(20)16-10-8-7-9-11-16;1-2/h7-11,13,17H,12H2,1-6H3;1-2H3/t17-;/m0./s1. The molecule has 0 bridgehead atoms. The summed E-state index contributed by atoms with van der Waals surface area (Å²) < 4.78 is 4.16. The van der Waals surface area contributed by atoms with Crippen molar-refractivity contribution < 1.29 is 4.79 Å². The molecule has 3 heterocycles. The highest BCUT2D eigenvalue weighted by molar-refractivity contribution is 6.16. The van der Waals surface area contributed by atoms with Gasteiger partial charge in [0.25, 0.3) is 0 Å². The molecule has 1 aliphatic rings. The Balaban J connectivity index is 0.00000132. The molecule has 0 saturated heterocycles. The maximum Gasteiger partial charge on any atom is 0.163 e. The molecule has 4 rings (SSSR count). The van der Waals surface area contributed by atoms with Crippen molar-refractivity contribution in [3.05, 3.63) is 65.0 Å². The van der Waals surface area contributed by atoms with Crippen LogP contribution < -0.4 is 0 Å². The molecule has 1 aliphatic heterocycles. The zero-order valence-corrected chi connectivity index (χ0v) is 19.9. The fourth-order valence-corrected chi connectivity index (χ4v) is 3.77. The number of aliphatic imine (C=N–C) groups is 1. The van der Waals surface area contributed by atoms with Crippen LogP contribution in [0, 0.1) is 19.3 Å². The number of carbonyl (C=O) groups is 1. The first-order valence-corrected chi connectivity index (χ1v) is 10.9. The van der Waals surface area contributed by atoms with Crippen molar-refractivity contribution in [2.75, 3.05) is 0 Å². The zero-order valence-electron chi connectivity index (χ0n) is 19.9. The Labute approximate surface area is 185 Å². The minimum atomic E-state index is -0.431. The summed E-state index contributed by atoms with van der Waals surface area (Å²) in [6, 6.07) is 9.78. The Morgan fingerprint density at radius 3 is 2.32 bits per heavy atom. The lowest BCUT2D eigenvalue weighted by Crippen LogP contribution is -2.23. The maximum atomic E-state index is 12.9. The van der Waals surface area contributed by atoms with Gasteiger partial charge in [0, 0.05) is 41.9 Å². The third-order valence-corrected chi connectivity index (χ3v) is 5.64. The highest BCUT2D eigenvalue weighted by atomic mass is 16.1. The Morgan fingerprint density at radius 2 is 1.71 bits per heavy atom. The highest BCUT2D eigenvalue weighted by Gasteiger charge is 2.33. The smallest absolute Gasteiger partial charge is 0.163 e. The van der Waals surface area contributed by atoms with E-state index < -0.39 is 5.41 Å². The van der Waals surface area contributed by atoms with Gasteiger partial charge in [0.05, 0.1) is 11.4 Å². The van der Waals surface area contributed by atoms with E-state index >= 15 is 0 Å². The predicted molar refractivity (Wildman–Crippen MR) is 125 cm³/mol. The van der Waals surface area contributed by atoms with Gasteiger partial charge in [-0.2, -0.15) is 0 Å². The number of nitrogens with zero attached hydrogens (tertiary/aromatic N) is 5. The molecule has 1 atom stereocenters. The fourth-order valence-electron chi connectivity index (χ4n) is 3.77. The van der Waals surface area contributed by atoms with Crippen molar-refractivity contribution in [2.45, 2.75) is 60.9 Å². The lowest BCUT2D eigenvalue weighted by atomic mass is 9.87. The Hall–Kier alpha value is -3.02. The Kier molecular flexibility index (Phi) is 6.30. The molecule has 6 nitrogen and oxygen atoms in total. The van der Waals surface area contributed by atoms with Gasteiger partial charge in [-0.1, -0.05) is 65.0 Å². The molecule has 0 aliphatic carbocycles. The second-order valence-corrected chi connectivity index (χ2v) is 8.76. The number of hydrogen-bond donors (Lipinski definition) is 0. The van der Waals surface area contributed by atoms with Crippen molar-refractivity contribution in [3.63, 3.8) is 0 Å². The van der Waals surface area contributed by atoms with Crippen molar-refractivity contribution in [1.82, 2.24) is 19.3 Å². The molecular weight excluding hydrogens is 386 g/mol. The van der Waals surface area contributed by atoms with Crippen LogP contribution in [0.3, 0.4) is 0 Å². The molecule has 1 aromatic carbocycles. The second kappa shape index (κ2) is 8.61. The lowest BCUT2D eigenvalue weighted by Gasteiger charge is -2.19. The van der Waals surface area contributed by atoms with Crippen LogP contribution >= 0.6 is 0 Å². The lowest BCUT2D eigenvalue weighted by molar-refractivity contribution is -0.126. The summed E-state index contributed by atoms with van der Waals surface area (Å²) in [6.07, 6.45) is 2.39. The van der Waals surface area contributed by atoms with E-state index in [4.69, 9.17) is 4.99 Å². The van der Waals surface area contributed by atoms with E-state index in [1.54, 1.807) is 0 Å². The number of Topliss-reactive ketones (excluding diaryl/α,β-unsaturated/α-hetero) is 1. The summed E-state index contributed by atoms with van der Waals surface area (Å²) in [6.45, 7) is 13.9. The van der Waals surface area contributed by atoms with E-state index in [1.165, 1.54) is 0 Å². The first-order chi connectivity index (χ1) is 14.7. The van der Waals surface area contributed by atoms with Crippen LogP contribution in [-0.2, 0) is 11.8 Å². The number of carbonyl (C=O) groups excluding carboxylic acids is 1. The summed E-state index contributed by atoms with van der Waals surface area (Å²) >= 11 is 0. The van der Waals surface area contributed by atoms with Gasteiger partial charge in [0.1, 0.15) is 17.6 Å². The highest BCUT2D eigenvalue weighted by Crippen LogP contribution is 2.36. The van der Waals surface area contributed by atoms with Gasteiger partial charge in [-0.15, -0.1) is 10.2 Å². The van der Waals surface area contributed by atoms with Crippen LogP contribution in [0.2, 0.25) is 0 Å². The molecule has 164 valence electrons. The largest absolute Gasteiger partial charge is 0.352 e. The first kappa shape index (κ1) is 22.7. The average Bonchev–Trinajstić information content (AvgIpc) is 3.21. The van der Waals surface area contributed by atoms with E-state index in [2.05, 4.69) is 44.6 Å². The molecule has 0 radical (unpaired) electrons. The number of ketones is 1. The average molecular weight is 420 g/mol. The second-order valence-electron chi connectivity index (χ2n) is 8.76. The molecule has 2 aromatic heterocycles. The third-order valence-electron chi connectivity index (χ3n) is 5.64. The van der Waals surface area contributed by atoms with Crippen molar-refractivity contribution in [2.24, 2.45) is 17.5 Å². The Morgan fingerprint density at radius 1 is 1.06 bits per heavy atom. The summed E-state index contributed by atoms with van der Waals surface area (Å²) in [5.74, 6) is 1.68. The number of rotatable bonds is 3.